The van der Waals surface area contributed by atoms with Crippen LogP contribution in [-0.2, 0) is 4.74 Å². The zero-order valence-electron chi connectivity index (χ0n) is 14.0. The summed E-state index contributed by atoms with van der Waals surface area (Å²) in [6, 6.07) is 8.93. The van der Waals surface area contributed by atoms with Crippen LogP contribution >= 0.6 is 0 Å². The largest absolute Gasteiger partial charge is 0.376 e. The Labute approximate surface area is 141 Å². The summed E-state index contributed by atoms with van der Waals surface area (Å²) in [4.78, 5) is 26.9. The molecule has 2 unspecified atom stereocenters. The highest BCUT2D eigenvalue weighted by Gasteiger charge is 2.21. The minimum absolute atomic E-state index is 0.245. The Bertz CT molecular complexity index is 769. The van der Waals surface area contributed by atoms with Crippen molar-refractivity contribution in [1.82, 2.24) is 10.3 Å². The number of amides is 1. The molecule has 0 bridgehead atoms. The van der Waals surface area contributed by atoms with Gasteiger partial charge in [-0.05, 0) is 36.3 Å². The molecule has 2 atom stereocenters. The summed E-state index contributed by atoms with van der Waals surface area (Å²) in [5.41, 5.74) is 0.0373. The maximum atomic E-state index is 12.2. The molecular formula is C19H24N2O3. The van der Waals surface area contributed by atoms with Gasteiger partial charge in [-0.15, -0.1) is 0 Å². The van der Waals surface area contributed by atoms with Crippen LogP contribution in [0.5, 0.6) is 0 Å². The number of aromatic amines is 1. The predicted octanol–water partition coefficient (Wildman–Crippen LogP) is 2.85. The number of nitrogens with one attached hydrogen (secondary N) is 2. The highest BCUT2D eigenvalue weighted by Crippen LogP contribution is 2.25. The number of fused-ring (bicyclic) bond motifs is 1. The normalized spacial score (nSPS) is 20.9. The average molecular weight is 328 g/mol. The molecule has 1 aromatic carbocycles. The van der Waals surface area contributed by atoms with Crippen LogP contribution in [0.2, 0.25) is 0 Å². The van der Waals surface area contributed by atoms with E-state index in [0.717, 1.165) is 11.8 Å². The molecule has 128 valence electrons. The third-order valence-corrected chi connectivity index (χ3v) is 4.75. The number of hydrogen-bond acceptors (Lipinski definition) is 3. The van der Waals surface area contributed by atoms with Gasteiger partial charge >= 0.3 is 0 Å². The molecule has 5 nitrogen and oxygen atoms in total. The molecular weight excluding hydrogens is 304 g/mol. The van der Waals surface area contributed by atoms with Crippen molar-refractivity contribution in [3.8, 4) is 0 Å². The Morgan fingerprint density at radius 3 is 2.92 bits per heavy atom. The fourth-order valence-corrected chi connectivity index (χ4v) is 3.33. The van der Waals surface area contributed by atoms with Gasteiger partial charge in [0.05, 0.1) is 12.7 Å². The molecule has 2 aromatic rings. The van der Waals surface area contributed by atoms with Gasteiger partial charge in [0, 0.05) is 11.9 Å². The number of benzene rings is 1. The fourth-order valence-electron chi connectivity index (χ4n) is 3.33. The molecule has 1 heterocycles. The lowest BCUT2D eigenvalue weighted by atomic mass is 9.88. The van der Waals surface area contributed by atoms with Crippen LogP contribution in [-0.4, -0.2) is 30.1 Å². The molecule has 5 heteroatoms. The molecule has 0 spiro atoms. The summed E-state index contributed by atoms with van der Waals surface area (Å²) in [6.45, 7) is 3.16. The van der Waals surface area contributed by atoms with Gasteiger partial charge in [-0.3, -0.25) is 9.59 Å². The Balaban J connectivity index is 1.54. The van der Waals surface area contributed by atoms with E-state index in [-0.39, 0.29) is 17.2 Å². The Kier molecular flexibility index (Phi) is 5.30. The quantitative estimate of drug-likeness (QED) is 0.829. The summed E-state index contributed by atoms with van der Waals surface area (Å²) in [7, 11) is 0. The molecule has 24 heavy (non-hydrogen) atoms. The van der Waals surface area contributed by atoms with E-state index in [1.54, 1.807) is 18.2 Å². The first-order chi connectivity index (χ1) is 11.6. The van der Waals surface area contributed by atoms with Gasteiger partial charge in [0.1, 0.15) is 5.69 Å². The molecule has 1 aliphatic carbocycles. The van der Waals surface area contributed by atoms with Crippen molar-refractivity contribution in [2.45, 2.75) is 38.7 Å². The lowest BCUT2D eigenvalue weighted by Gasteiger charge is -2.28. The van der Waals surface area contributed by atoms with Crippen LogP contribution in [0.3, 0.4) is 0 Å². The maximum absolute atomic E-state index is 12.2. The lowest BCUT2D eigenvalue weighted by molar-refractivity contribution is -0.00295. The molecule has 1 fully saturated rings. The van der Waals surface area contributed by atoms with E-state index in [4.69, 9.17) is 4.74 Å². The van der Waals surface area contributed by atoms with Crippen molar-refractivity contribution >= 4 is 16.7 Å². The highest BCUT2D eigenvalue weighted by molar-refractivity contribution is 5.96. The number of hydrogen-bond donors (Lipinski definition) is 2. The van der Waals surface area contributed by atoms with Gasteiger partial charge in [-0.2, -0.15) is 0 Å². The number of carbonyl (C=O) groups is 1. The molecule has 0 radical (unpaired) electrons. The monoisotopic (exact) mass is 328 g/mol. The van der Waals surface area contributed by atoms with E-state index in [1.165, 1.54) is 19.3 Å². The van der Waals surface area contributed by atoms with Gasteiger partial charge in [-0.25, -0.2) is 0 Å². The molecule has 1 saturated carbocycles. The first kappa shape index (κ1) is 16.7. The number of pyridine rings is 1. The zero-order valence-corrected chi connectivity index (χ0v) is 14.0. The smallest absolute Gasteiger partial charge is 0.267 e. The van der Waals surface area contributed by atoms with Crippen molar-refractivity contribution in [1.29, 1.82) is 0 Å². The summed E-state index contributed by atoms with van der Waals surface area (Å²) in [6.07, 6.45) is 5.13. The summed E-state index contributed by atoms with van der Waals surface area (Å²) >= 11 is 0. The third kappa shape index (κ3) is 3.85. The highest BCUT2D eigenvalue weighted by atomic mass is 16.5. The van der Waals surface area contributed by atoms with Crippen molar-refractivity contribution in [2.24, 2.45) is 5.92 Å². The van der Waals surface area contributed by atoms with Crippen LogP contribution in [0.25, 0.3) is 10.8 Å². The SMILES string of the molecule is CC1CCCCC1OCCNC(=O)c1cc2ccccc2c(=O)[nH]1. The molecule has 1 amide bonds. The number of H-pyrrole nitrogens is 1. The second-order valence-electron chi connectivity index (χ2n) is 6.53. The number of ether oxygens (including phenoxy) is 1. The van der Waals surface area contributed by atoms with Crippen LogP contribution in [0.1, 0.15) is 43.1 Å². The van der Waals surface area contributed by atoms with Gasteiger partial charge in [0.15, 0.2) is 0 Å². The van der Waals surface area contributed by atoms with E-state index in [9.17, 15) is 9.59 Å². The van der Waals surface area contributed by atoms with Gasteiger partial charge in [0.2, 0.25) is 0 Å². The molecule has 1 aliphatic rings. The first-order valence-electron chi connectivity index (χ1n) is 8.67. The van der Waals surface area contributed by atoms with E-state index >= 15 is 0 Å². The number of aromatic nitrogens is 1. The fraction of sp³-hybridized carbons (Fsp3) is 0.474. The van der Waals surface area contributed by atoms with E-state index in [2.05, 4.69) is 17.2 Å². The number of rotatable bonds is 5. The standard InChI is InChI=1S/C19H24N2O3/c1-13-6-2-5-9-17(13)24-11-10-20-19(23)16-12-14-7-3-4-8-15(14)18(22)21-16/h3-4,7-8,12-13,17H,2,5-6,9-11H2,1H3,(H,20,23)(H,21,22). The second-order valence-corrected chi connectivity index (χ2v) is 6.53. The van der Waals surface area contributed by atoms with Crippen molar-refractivity contribution in [3.63, 3.8) is 0 Å². The van der Waals surface area contributed by atoms with Crippen LogP contribution in [0.15, 0.2) is 35.1 Å². The van der Waals surface area contributed by atoms with Crippen molar-refractivity contribution in [2.75, 3.05) is 13.2 Å². The number of carbonyl (C=O) groups excluding carboxylic acids is 1. The average Bonchev–Trinajstić information content (AvgIpc) is 2.60. The third-order valence-electron chi connectivity index (χ3n) is 4.75. The summed E-state index contributed by atoms with van der Waals surface area (Å²) in [5, 5.41) is 4.16. The lowest BCUT2D eigenvalue weighted by Crippen LogP contribution is -2.32. The molecule has 3 rings (SSSR count). The first-order valence-corrected chi connectivity index (χ1v) is 8.67. The summed E-state index contributed by atoms with van der Waals surface area (Å²) < 4.78 is 5.89. The Hall–Kier alpha value is -2.14. The van der Waals surface area contributed by atoms with Crippen LogP contribution in [0.4, 0.5) is 0 Å². The Morgan fingerprint density at radius 1 is 1.29 bits per heavy atom. The van der Waals surface area contributed by atoms with Crippen LogP contribution < -0.4 is 10.9 Å². The topological polar surface area (TPSA) is 71.2 Å². The second kappa shape index (κ2) is 7.62. The maximum Gasteiger partial charge on any atom is 0.267 e. The van der Waals surface area contributed by atoms with Crippen LogP contribution in [0, 0.1) is 5.92 Å². The van der Waals surface area contributed by atoms with Crippen molar-refractivity contribution < 1.29 is 9.53 Å². The minimum Gasteiger partial charge on any atom is -0.376 e. The van der Waals surface area contributed by atoms with Gasteiger partial charge in [0.25, 0.3) is 11.5 Å². The predicted molar refractivity (Wildman–Crippen MR) is 94.3 cm³/mol. The molecule has 0 saturated heterocycles. The molecule has 0 aliphatic heterocycles. The van der Waals surface area contributed by atoms with Crippen molar-refractivity contribution in [3.05, 3.63) is 46.4 Å². The van der Waals surface area contributed by atoms with E-state index in [1.807, 2.05) is 12.1 Å². The minimum atomic E-state index is -0.279. The summed E-state index contributed by atoms with van der Waals surface area (Å²) in [5.74, 6) is 0.310. The molecule has 2 N–H and O–H groups in total. The van der Waals surface area contributed by atoms with Gasteiger partial charge in [-0.1, -0.05) is 38.0 Å². The van der Waals surface area contributed by atoms with E-state index in [0.29, 0.717) is 30.6 Å². The zero-order chi connectivity index (χ0) is 16.9. The molecule has 1 aromatic heterocycles. The Morgan fingerprint density at radius 2 is 2.08 bits per heavy atom. The van der Waals surface area contributed by atoms with Gasteiger partial charge < -0.3 is 15.0 Å². The van der Waals surface area contributed by atoms with E-state index < -0.39 is 0 Å².